The summed E-state index contributed by atoms with van der Waals surface area (Å²) >= 11 is 0. The predicted octanol–water partition coefficient (Wildman–Crippen LogP) is 5.58. The molecule has 0 saturated carbocycles. The highest BCUT2D eigenvalue weighted by Crippen LogP contribution is 2.24. The topological polar surface area (TPSA) is 63.6 Å². The summed E-state index contributed by atoms with van der Waals surface area (Å²) in [6.45, 7) is 12.5. The van der Waals surface area contributed by atoms with Gasteiger partial charge in [-0.25, -0.2) is 0 Å². The van der Waals surface area contributed by atoms with Crippen molar-refractivity contribution in [2.45, 2.75) is 41.2 Å². The maximum atomic E-state index is 13.8. The molecule has 1 N–H and O–H groups in total. The second kappa shape index (κ2) is 11.7. The number of nitrogens with zero attached hydrogens (tertiary/aromatic N) is 2. The number of fused-ring (bicyclic) bond motifs is 1. The van der Waals surface area contributed by atoms with Gasteiger partial charge in [0.15, 0.2) is 0 Å². The molecule has 6 heteroatoms. The first-order chi connectivity index (χ1) is 16.7. The number of ether oxygens (including phenoxy) is 1. The van der Waals surface area contributed by atoms with E-state index in [-0.39, 0.29) is 17.5 Å². The van der Waals surface area contributed by atoms with Gasteiger partial charge in [-0.05, 0) is 55.2 Å². The number of amides is 2. The van der Waals surface area contributed by atoms with Gasteiger partial charge < -0.3 is 19.5 Å². The van der Waals surface area contributed by atoms with Crippen LogP contribution >= 0.6 is 0 Å². The van der Waals surface area contributed by atoms with Crippen molar-refractivity contribution in [2.75, 3.05) is 20.2 Å². The summed E-state index contributed by atoms with van der Waals surface area (Å²) < 4.78 is 7.35. The third-order valence-corrected chi connectivity index (χ3v) is 5.75. The van der Waals surface area contributed by atoms with Crippen LogP contribution in [0.1, 0.15) is 50.5 Å². The number of rotatable bonds is 10. The highest BCUT2D eigenvalue weighted by atomic mass is 16.5. The van der Waals surface area contributed by atoms with Crippen molar-refractivity contribution in [3.05, 3.63) is 71.6 Å². The minimum absolute atomic E-state index is 0.178. The van der Waals surface area contributed by atoms with Gasteiger partial charge in [0, 0.05) is 47.9 Å². The van der Waals surface area contributed by atoms with E-state index in [1.807, 2.05) is 35.4 Å². The molecule has 1 heterocycles. The lowest BCUT2D eigenvalue weighted by Gasteiger charge is -2.27. The van der Waals surface area contributed by atoms with Crippen LogP contribution in [0.4, 0.5) is 0 Å². The first-order valence-electron chi connectivity index (χ1n) is 12.3. The van der Waals surface area contributed by atoms with Gasteiger partial charge in [-0.2, -0.15) is 0 Å². The van der Waals surface area contributed by atoms with Gasteiger partial charge in [0.1, 0.15) is 11.4 Å². The molecule has 35 heavy (non-hydrogen) atoms. The molecule has 0 saturated heterocycles. The van der Waals surface area contributed by atoms with Gasteiger partial charge in [0.2, 0.25) is 0 Å². The maximum absolute atomic E-state index is 13.8. The van der Waals surface area contributed by atoms with Crippen LogP contribution in [-0.2, 0) is 11.3 Å². The second-order valence-electron chi connectivity index (χ2n) is 9.63. The zero-order valence-electron chi connectivity index (χ0n) is 21.7. The Labute approximate surface area is 208 Å². The average Bonchev–Trinajstić information content (AvgIpc) is 3.19. The molecule has 0 bridgehead atoms. The molecule has 1 aromatic heterocycles. The van der Waals surface area contributed by atoms with Gasteiger partial charge in [-0.15, -0.1) is 0 Å². The summed E-state index contributed by atoms with van der Waals surface area (Å²) in [6, 6.07) is 15.0. The van der Waals surface area contributed by atoms with E-state index < -0.39 is 0 Å². The van der Waals surface area contributed by atoms with Crippen molar-refractivity contribution < 1.29 is 14.3 Å². The van der Waals surface area contributed by atoms with E-state index in [9.17, 15) is 9.59 Å². The van der Waals surface area contributed by atoms with E-state index >= 15 is 0 Å². The molecule has 0 atom stereocenters. The number of aryl methyl sites for hydroxylation is 1. The fourth-order valence-corrected chi connectivity index (χ4v) is 4.19. The van der Waals surface area contributed by atoms with E-state index in [2.05, 4.69) is 50.6 Å². The Morgan fingerprint density at radius 1 is 1.00 bits per heavy atom. The highest BCUT2D eigenvalue weighted by Gasteiger charge is 2.23. The maximum Gasteiger partial charge on any atom is 0.270 e. The number of hydrogen-bond acceptors (Lipinski definition) is 3. The van der Waals surface area contributed by atoms with Crippen LogP contribution in [0.2, 0.25) is 0 Å². The van der Waals surface area contributed by atoms with Gasteiger partial charge >= 0.3 is 0 Å². The minimum atomic E-state index is -0.333. The van der Waals surface area contributed by atoms with E-state index in [1.54, 1.807) is 31.4 Å². The summed E-state index contributed by atoms with van der Waals surface area (Å²) in [5.41, 5.74) is 2.72. The molecule has 0 fully saturated rings. The molecule has 6 nitrogen and oxygen atoms in total. The number of carbonyl (C=O) groups is 2. The zero-order chi connectivity index (χ0) is 25.5. The standard InChI is InChI=1S/C29H37N3O3/c1-7-31-19-23(25-10-8-9-11-27(25)31)16-26(29(34)32(17-20(2)3)18-21(4)5)30-28(33)22-12-14-24(35-6)15-13-22/h8-16,19-21H,7,17-18H2,1-6H3,(H,30,33)/b26-16-. The molecule has 186 valence electrons. The second-order valence-corrected chi connectivity index (χ2v) is 9.63. The number of carbonyl (C=O) groups excluding carboxylic acids is 2. The lowest BCUT2D eigenvalue weighted by atomic mass is 10.1. The molecular weight excluding hydrogens is 438 g/mol. The largest absolute Gasteiger partial charge is 0.497 e. The fraction of sp³-hybridized carbons (Fsp3) is 0.379. The quantitative estimate of drug-likeness (QED) is 0.389. The Morgan fingerprint density at radius 3 is 2.20 bits per heavy atom. The Morgan fingerprint density at radius 2 is 1.63 bits per heavy atom. The lowest BCUT2D eigenvalue weighted by Crippen LogP contribution is -2.42. The summed E-state index contributed by atoms with van der Waals surface area (Å²) in [5, 5.41) is 3.96. The zero-order valence-corrected chi connectivity index (χ0v) is 21.7. The molecule has 0 aliphatic heterocycles. The van der Waals surface area contributed by atoms with E-state index in [0.29, 0.717) is 36.2 Å². The van der Waals surface area contributed by atoms with E-state index in [1.165, 1.54) is 0 Å². The van der Waals surface area contributed by atoms with Crippen molar-refractivity contribution in [1.82, 2.24) is 14.8 Å². The van der Waals surface area contributed by atoms with Gasteiger partial charge in [-0.1, -0.05) is 45.9 Å². The monoisotopic (exact) mass is 475 g/mol. The third kappa shape index (κ3) is 6.53. The first kappa shape index (κ1) is 26.1. The Bertz CT molecular complexity index is 1180. The number of methoxy groups -OCH3 is 1. The van der Waals surface area contributed by atoms with Crippen molar-refractivity contribution >= 4 is 28.8 Å². The third-order valence-electron chi connectivity index (χ3n) is 5.75. The van der Waals surface area contributed by atoms with Crippen LogP contribution in [0.3, 0.4) is 0 Å². The van der Waals surface area contributed by atoms with Crippen LogP contribution in [0.15, 0.2) is 60.4 Å². The van der Waals surface area contributed by atoms with Gasteiger partial charge in [-0.3, -0.25) is 9.59 Å². The van der Waals surface area contributed by atoms with Crippen molar-refractivity contribution in [1.29, 1.82) is 0 Å². The minimum Gasteiger partial charge on any atom is -0.497 e. The Balaban J connectivity index is 2.05. The van der Waals surface area contributed by atoms with Crippen molar-refractivity contribution in [3.63, 3.8) is 0 Å². The molecule has 0 aliphatic carbocycles. The first-order valence-corrected chi connectivity index (χ1v) is 12.3. The smallest absolute Gasteiger partial charge is 0.270 e. The number of hydrogen-bond donors (Lipinski definition) is 1. The van der Waals surface area contributed by atoms with Crippen LogP contribution in [0.5, 0.6) is 5.75 Å². The van der Waals surface area contributed by atoms with Crippen molar-refractivity contribution in [2.24, 2.45) is 11.8 Å². The Hall–Kier alpha value is -3.54. The molecule has 0 radical (unpaired) electrons. The van der Waals surface area contributed by atoms with E-state index in [0.717, 1.165) is 23.0 Å². The van der Waals surface area contributed by atoms with Crippen LogP contribution in [0.25, 0.3) is 17.0 Å². The number of para-hydroxylation sites is 1. The fourth-order valence-electron chi connectivity index (χ4n) is 4.19. The molecule has 3 aromatic rings. The van der Waals surface area contributed by atoms with Gasteiger partial charge in [0.05, 0.1) is 7.11 Å². The highest BCUT2D eigenvalue weighted by molar-refractivity contribution is 6.06. The normalized spacial score (nSPS) is 11.8. The molecule has 0 aliphatic rings. The summed E-state index contributed by atoms with van der Waals surface area (Å²) in [7, 11) is 1.58. The van der Waals surface area contributed by atoms with E-state index in [4.69, 9.17) is 4.74 Å². The summed E-state index contributed by atoms with van der Waals surface area (Å²) in [4.78, 5) is 28.8. The van der Waals surface area contributed by atoms with Crippen LogP contribution in [0, 0.1) is 11.8 Å². The summed E-state index contributed by atoms with van der Waals surface area (Å²) in [5.74, 6) is 0.764. The molecule has 0 unspecified atom stereocenters. The number of nitrogens with one attached hydrogen (secondary N) is 1. The Kier molecular flexibility index (Phi) is 8.74. The van der Waals surface area contributed by atoms with Gasteiger partial charge in [0.25, 0.3) is 11.8 Å². The number of benzene rings is 2. The predicted molar refractivity (Wildman–Crippen MR) is 142 cm³/mol. The molecule has 2 aromatic carbocycles. The lowest BCUT2D eigenvalue weighted by molar-refractivity contribution is -0.128. The molecular formula is C29H37N3O3. The summed E-state index contributed by atoms with van der Waals surface area (Å²) in [6.07, 6.45) is 3.85. The average molecular weight is 476 g/mol. The van der Waals surface area contributed by atoms with Crippen LogP contribution in [-0.4, -0.2) is 41.5 Å². The molecule has 0 spiro atoms. The molecule has 2 amide bonds. The SMILES string of the molecule is CCn1cc(/C=C(\NC(=O)c2ccc(OC)cc2)C(=O)N(CC(C)C)CC(C)C)c2ccccc21. The van der Waals surface area contributed by atoms with Crippen molar-refractivity contribution in [3.8, 4) is 5.75 Å². The van der Waals surface area contributed by atoms with Crippen LogP contribution < -0.4 is 10.1 Å². The number of aromatic nitrogens is 1. The molecule has 3 rings (SSSR count).